The summed E-state index contributed by atoms with van der Waals surface area (Å²) in [6.45, 7) is 0.777. The number of rotatable bonds is 3. The highest BCUT2D eigenvalue weighted by Gasteiger charge is 2.35. The van der Waals surface area contributed by atoms with E-state index in [0.29, 0.717) is 5.41 Å². The molecule has 1 aliphatic carbocycles. The molecule has 1 aromatic carbocycles. The number of benzene rings is 1. The Morgan fingerprint density at radius 2 is 2.13 bits per heavy atom. The molecule has 3 heteroatoms. The zero-order valence-corrected chi connectivity index (χ0v) is 10.9. The fourth-order valence-electron chi connectivity index (χ4n) is 2.20. The summed E-state index contributed by atoms with van der Waals surface area (Å²) < 4.78 is 1.03. The van der Waals surface area contributed by atoms with Crippen LogP contribution in [0.15, 0.2) is 22.7 Å². The Balaban J connectivity index is 2.16. The Kier molecular flexibility index (Phi) is 3.39. The van der Waals surface area contributed by atoms with Gasteiger partial charge in [0.25, 0.3) is 0 Å². The van der Waals surface area contributed by atoms with Crippen molar-refractivity contribution in [3.05, 3.63) is 33.3 Å². The van der Waals surface area contributed by atoms with Gasteiger partial charge in [-0.05, 0) is 48.9 Å². The van der Waals surface area contributed by atoms with Gasteiger partial charge < -0.3 is 5.73 Å². The van der Waals surface area contributed by atoms with E-state index in [4.69, 9.17) is 17.3 Å². The molecule has 0 radical (unpaired) electrons. The molecule has 82 valence electrons. The van der Waals surface area contributed by atoms with E-state index >= 15 is 0 Å². The lowest BCUT2D eigenvalue weighted by Gasteiger charge is -2.41. The first-order chi connectivity index (χ1) is 7.15. The van der Waals surface area contributed by atoms with Crippen molar-refractivity contribution < 1.29 is 0 Å². The van der Waals surface area contributed by atoms with Crippen molar-refractivity contribution in [2.24, 2.45) is 11.1 Å². The maximum absolute atomic E-state index is 6.20. The molecule has 0 saturated heterocycles. The highest BCUT2D eigenvalue weighted by molar-refractivity contribution is 9.10. The highest BCUT2D eigenvalue weighted by atomic mass is 79.9. The van der Waals surface area contributed by atoms with Crippen molar-refractivity contribution in [2.45, 2.75) is 25.7 Å². The van der Waals surface area contributed by atoms with Crippen LogP contribution in [0.3, 0.4) is 0 Å². The summed E-state index contributed by atoms with van der Waals surface area (Å²) in [5.41, 5.74) is 7.40. The lowest BCUT2D eigenvalue weighted by atomic mass is 9.65. The predicted molar refractivity (Wildman–Crippen MR) is 68.2 cm³/mol. The molecule has 15 heavy (non-hydrogen) atoms. The van der Waals surface area contributed by atoms with E-state index in [1.807, 2.05) is 12.1 Å². The molecule has 1 fully saturated rings. The first-order valence-corrected chi connectivity index (χ1v) is 6.46. The van der Waals surface area contributed by atoms with Gasteiger partial charge in [-0.1, -0.05) is 40.0 Å². The molecule has 0 atom stereocenters. The van der Waals surface area contributed by atoms with E-state index in [1.54, 1.807) is 0 Å². The van der Waals surface area contributed by atoms with E-state index in [0.717, 1.165) is 22.5 Å². The lowest BCUT2D eigenvalue weighted by molar-refractivity contribution is 0.145. The summed E-state index contributed by atoms with van der Waals surface area (Å²) in [4.78, 5) is 0. The van der Waals surface area contributed by atoms with Crippen LogP contribution in [0.1, 0.15) is 24.8 Å². The van der Waals surface area contributed by atoms with Crippen LogP contribution in [-0.2, 0) is 6.42 Å². The van der Waals surface area contributed by atoms with Crippen molar-refractivity contribution in [1.82, 2.24) is 0 Å². The van der Waals surface area contributed by atoms with Crippen LogP contribution >= 0.6 is 27.5 Å². The predicted octanol–water partition coefficient (Wildman–Crippen LogP) is 3.77. The van der Waals surface area contributed by atoms with Gasteiger partial charge in [-0.3, -0.25) is 0 Å². The Morgan fingerprint density at radius 3 is 2.60 bits per heavy atom. The van der Waals surface area contributed by atoms with Crippen molar-refractivity contribution in [1.29, 1.82) is 0 Å². The third kappa shape index (κ3) is 2.38. The molecule has 1 aromatic rings. The summed E-state index contributed by atoms with van der Waals surface area (Å²) in [7, 11) is 0. The number of nitrogens with two attached hydrogens (primary N) is 1. The number of hydrogen-bond donors (Lipinski definition) is 1. The molecule has 0 aliphatic heterocycles. The van der Waals surface area contributed by atoms with Gasteiger partial charge in [0.15, 0.2) is 0 Å². The monoisotopic (exact) mass is 287 g/mol. The number of hydrogen-bond acceptors (Lipinski definition) is 1. The molecule has 0 amide bonds. The molecular formula is C12H15BrClN. The molecule has 0 bridgehead atoms. The molecule has 2 rings (SSSR count). The summed E-state index contributed by atoms with van der Waals surface area (Å²) >= 11 is 9.62. The van der Waals surface area contributed by atoms with Crippen molar-refractivity contribution in [3.63, 3.8) is 0 Å². The first kappa shape index (κ1) is 11.4. The fraction of sp³-hybridized carbons (Fsp3) is 0.500. The molecule has 0 spiro atoms. The Bertz CT molecular complexity index is 355. The summed E-state index contributed by atoms with van der Waals surface area (Å²) in [5, 5.41) is 0.851. The van der Waals surface area contributed by atoms with Gasteiger partial charge in [0.05, 0.1) is 0 Å². The van der Waals surface area contributed by atoms with Crippen LogP contribution in [-0.4, -0.2) is 6.54 Å². The van der Waals surface area contributed by atoms with E-state index in [-0.39, 0.29) is 0 Å². The summed E-state index contributed by atoms with van der Waals surface area (Å²) in [5.74, 6) is 0. The lowest BCUT2D eigenvalue weighted by Crippen LogP contribution is -2.39. The molecule has 1 saturated carbocycles. The molecule has 2 N–H and O–H groups in total. The Labute approximate surface area is 104 Å². The molecule has 0 unspecified atom stereocenters. The van der Waals surface area contributed by atoms with E-state index in [9.17, 15) is 0 Å². The first-order valence-electron chi connectivity index (χ1n) is 5.29. The fourth-order valence-corrected chi connectivity index (χ4v) is 2.94. The summed E-state index contributed by atoms with van der Waals surface area (Å²) in [6.07, 6.45) is 4.83. The van der Waals surface area contributed by atoms with E-state index < -0.39 is 0 Å². The smallest absolute Gasteiger partial charge is 0.0449 e. The minimum atomic E-state index is 0.331. The average molecular weight is 289 g/mol. The van der Waals surface area contributed by atoms with Gasteiger partial charge in [-0.25, -0.2) is 0 Å². The largest absolute Gasteiger partial charge is 0.330 e. The Hall–Kier alpha value is -0.0500. The van der Waals surface area contributed by atoms with Gasteiger partial charge >= 0.3 is 0 Å². The molecule has 0 heterocycles. The second kappa shape index (κ2) is 4.44. The Morgan fingerprint density at radius 1 is 1.40 bits per heavy atom. The van der Waals surface area contributed by atoms with Crippen LogP contribution in [0.2, 0.25) is 5.02 Å². The van der Waals surface area contributed by atoms with Crippen LogP contribution in [0.5, 0.6) is 0 Å². The van der Waals surface area contributed by atoms with E-state index in [2.05, 4.69) is 22.0 Å². The molecule has 0 aromatic heterocycles. The molecule has 1 aliphatic rings. The van der Waals surface area contributed by atoms with Crippen molar-refractivity contribution in [2.75, 3.05) is 6.54 Å². The highest BCUT2D eigenvalue weighted by Crippen LogP contribution is 2.43. The van der Waals surface area contributed by atoms with Crippen LogP contribution in [0.25, 0.3) is 0 Å². The standard InChI is InChI=1S/C12H15BrClN/c13-10-3-2-9(11(14)6-10)7-12(8-15)4-1-5-12/h2-3,6H,1,4-5,7-8,15H2. The van der Waals surface area contributed by atoms with Gasteiger partial charge in [0.1, 0.15) is 0 Å². The van der Waals surface area contributed by atoms with Gasteiger partial charge in [0.2, 0.25) is 0 Å². The second-order valence-electron chi connectivity index (χ2n) is 4.47. The van der Waals surface area contributed by atoms with Crippen LogP contribution in [0, 0.1) is 5.41 Å². The van der Waals surface area contributed by atoms with Gasteiger partial charge in [-0.2, -0.15) is 0 Å². The molecule has 1 nitrogen and oxygen atoms in total. The maximum Gasteiger partial charge on any atom is 0.0449 e. The quantitative estimate of drug-likeness (QED) is 0.900. The van der Waals surface area contributed by atoms with Crippen molar-refractivity contribution in [3.8, 4) is 0 Å². The van der Waals surface area contributed by atoms with Gasteiger partial charge in [-0.15, -0.1) is 0 Å². The minimum absolute atomic E-state index is 0.331. The van der Waals surface area contributed by atoms with Crippen molar-refractivity contribution >= 4 is 27.5 Å². The molecular weight excluding hydrogens is 273 g/mol. The minimum Gasteiger partial charge on any atom is -0.330 e. The SMILES string of the molecule is NCC1(Cc2ccc(Br)cc2Cl)CCC1. The number of halogens is 2. The summed E-state index contributed by atoms with van der Waals surface area (Å²) in [6, 6.07) is 6.10. The van der Waals surface area contributed by atoms with Gasteiger partial charge in [0, 0.05) is 9.50 Å². The van der Waals surface area contributed by atoms with E-state index in [1.165, 1.54) is 24.8 Å². The maximum atomic E-state index is 6.20. The average Bonchev–Trinajstić information content (AvgIpc) is 2.14. The normalized spacial score (nSPS) is 18.6. The zero-order chi connectivity index (χ0) is 10.9. The van der Waals surface area contributed by atoms with Crippen LogP contribution in [0.4, 0.5) is 0 Å². The van der Waals surface area contributed by atoms with Crippen LogP contribution < -0.4 is 5.73 Å². The zero-order valence-electron chi connectivity index (χ0n) is 8.60. The third-order valence-corrected chi connectivity index (χ3v) is 4.27. The topological polar surface area (TPSA) is 26.0 Å². The second-order valence-corrected chi connectivity index (χ2v) is 5.79. The third-order valence-electron chi connectivity index (χ3n) is 3.43.